The van der Waals surface area contributed by atoms with Crippen molar-refractivity contribution < 1.29 is 13.0 Å². The van der Waals surface area contributed by atoms with Gasteiger partial charge in [0.2, 0.25) is 0 Å². The van der Waals surface area contributed by atoms with Crippen molar-refractivity contribution in [2.45, 2.75) is 19.3 Å². The van der Waals surface area contributed by atoms with Gasteiger partial charge in [-0.25, -0.2) is 0 Å². The third-order valence-corrected chi connectivity index (χ3v) is 4.51. The molecule has 2 atom stereocenters. The smallest absolute Gasteiger partial charge is 0.264 e. The van der Waals surface area contributed by atoms with Gasteiger partial charge in [-0.2, -0.15) is 8.42 Å². The second kappa shape index (κ2) is 5.08. The second-order valence-electron chi connectivity index (χ2n) is 4.66. The van der Waals surface area contributed by atoms with Crippen LogP contribution < -0.4 is 0 Å². The highest BCUT2D eigenvalue weighted by atomic mass is 79.9. The molecule has 0 spiro atoms. The number of benzene rings is 1. The molecule has 1 aromatic rings. The molecule has 1 aliphatic rings. The first-order valence-corrected chi connectivity index (χ1v) is 8.04. The van der Waals surface area contributed by atoms with Crippen molar-refractivity contribution in [1.29, 1.82) is 0 Å². The molecule has 2 rings (SSSR count). The lowest BCUT2D eigenvalue weighted by molar-refractivity contribution is 0.478. The summed E-state index contributed by atoms with van der Waals surface area (Å²) in [4.78, 5) is 0. The number of rotatable bonds is 5. The average molecular weight is 319 g/mol. The lowest BCUT2D eigenvalue weighted by atomic mass is 10.1. The van der Waals surface area contributed by atoms with E-state index in [0.29, 0.717) is 18.3 Å². The van der Waals surface area contributed by atoms with Crippen LogP contribution in [0.3, 0.4) is 0 Å². The molecule has 1 fully saturated rings. The van der Waals surface area contributed by atoms with E-state index < -0.39 is 10.1 Å². The molecule has 0 saturated heterocycles. The Kier molecular flexibility index (Phi) is 3.90. The molecule has 1 saturated carbocycles. The third kappa shape index (κ3) is 4.41. The first-order valence-electron chi connectivity index (χ1n) is 5.63. The summed E-state index contributed by atoms with van der Waals surface area (Å²) in [5, 5.41) is 0. The molecule has 1 aliphatic carbocycles. The van der Waals surface area contributed by atoms with Gasteiger partial charge in [0.25, 0.3) is 10.1 Å². The van der Waals surface area contributed by atoms with Crippen LogP contribution in [-0.2, 0) is 16.5 Å². The Morgan fingerprint density at radius 3 is 2.47 bits per heavy atom. The van der Waals surface area contributed by atoms with E-state index in [9.17, 15) is 8.42 Å². The topological polar surface area (TPSA) is 54.4 Å². The highest BCUT2D eigenvalue weighted by Crippen LogP contribution is 2.43. The molecule has 17 heavy (non-hydrogen) atoms. The minimum atomic E-state index is -3.79. The highest BCUT2D eigenvalue weighted by molar-refractivity contribution is 9.10. The van der Waals surface area contributed by atoms with Crippen molar-refractivity contribution >= 4 is 26.0 Å². The number of hydrogen-bond acceptors (Lipinski definition) is 2. The van der Waals surface area contributed by atoms with Gasteiger partial charge < -0.3 is 0 Å². The molecular weight excluding hydrogens is 304 g/mol. The maximum absolute atomic E-state index is 10.6. The van der Waals surface area contributed by atoms with Crippen LogP contribution >= 0.6 is 15.9 Å². The Morgan fingerprint density at radius 2 is 1.88 bits per heavy atom. The molecule has 0 amide bonds. The Morgan fingerprint density at radius 1 is 1.24 bits per heavy atom. The van der Waals surface area contributed by atoms with Crippen LogP contribution in [0.25, 0.3) is 0 Å². The van der Waals surface area contributed by atoms with Gasteiger partial charge in [0.1, 0.15) is 0 Å². The van der Waals surface area contributed by atoms with Crippen LogP contribution in [0, 0.1) is 11.8 Å². The first kappa shape index (κ1) is 13.1. The van der Waals surface area contributed by atoms with E-state index in [2.05, 4.69) is 28.1 Å². The Labute approximate surface area is 110 Å². The van der Waals surface area contributed by atoms with Crippen molar-refractivity contribution in [2.24, 2.45) is 11.8 Å². The van der Waals surface area contributed by atoms with E-state index in [-0.39, 0.29) is 5.75 Å². The van der Waals surface area contributed by atoms with Crippen molar-refractivity contribution in [3.63, 3.8) is 0 Å². The molecule has 1 N–H and O–H groups in total. The molecule has 5 heteroatoms. The Bertz CT molecular complexity index is 481. The van der Waals surface area contributed by atoms with Crippen LogP contribution in [0.15, 0.2) is 28.7 Å². The standard InChI is InChI=1S/C12H15BrO3S/c13-12-3-1-9(2-4-12)7-11-8-10(11)5-6-17(14,15)16/h1-4,10-11H,5-8H2,(H,14,15,16). The largest absolute Gasteiger partial charge is 0.286 e. The highest BCUT2D eigenvalue weighted by Gasteiger charge is 2.36. The van der Waals surface area contributed by atoms with Gasteiger partial charge >= 0.3 is 0 Å². The van der Waals surface area contributed by atoms with Crippen LogP contribution in [0.1, 0.15) is 18.4 Å². The zero-order valence-corrected chi connectivity index (χ0v) is 11.7. The molecule has 0 heterocycles. The van der Waals surface area contributed by atoms with Crippen LogP contribution in [0.5, 0.6) is 0 Å². The van der Waals surface area contributed by atoms with Gasteiger partial charge in [0.15, 0.2) is 0 Å². The van der Waals surface area contributed by atoms with Crippen LogP contribution in [0.4, 0.5) is 0 Å². The summed E-state index contributed by atoms with van der Waals surface area (Å²) in [6, 6.07) is 8.21. The molecule has 0 bridgehead atoms. The lowest BCUT2D eigenvalue weighted by Crippen LogP contribution is -2.05. The SMILES string of the molecule is O=S(=O)(O)CCC1CC1Cc1ccc(Br)cc1. The van der Waals surface area contributed by atoms with Gasteiger partial charge in [-0.3, -0.25) is 4.55 Å². The molecular formula is C12H15BrO3S. The summed E-state index contributed by atoms with van der Waals surface area (Å²) in [5.41, 5.74) is 1.28. The quantitative estimate of drug-likeness (QED) is 0.849. The molecule has 2 unspecified atom stereocenters. The monoisotopic (exact) mass is 318 g/mol. The average Bonchev–Trinajstić information content (AvgIpc) is 2.96. The predicted octanol–water partition coefficient (Wildman–Crippen LogP) is 2.91. The zero-order chi connectivity index (χ0) is 12.5. The molecule has 0 radical (unpaired) electrons. The van der Waals surface area contributed by atoms with E-state index in [1.807, 2.05) is 12.1 Å². The van der Waals surface area contributed by atoms with Gasteiger partial charge in [-0.15, -0.1) is 0 Å². The zero-order valence-electron chi connectivity index (χ0n) is 9.34. The lowest BCUT2D eigenvalue weighted by Gasteiger charge is -2.01. The molecule has 94 valence electrons. The number of halogens is 1. The van der Waals surface area contributed by atoms with Gasteiger partial charge in [0.05, 0.1) is 5.75 Å². The van der Waals surface area contributed by atoms with Crippen LogP contribution in [0.2, 0.25) is 0 Å². The summed E-state index contributed by atoms with van der Waals surface area (Å²) in [6.45, 7) is 0. The van der Waals surface area contributed by atoms with Crippen molar-refractivity contribution in [3.05, 3.63) is 34.3 Å². The summed E-state index contributed by atoms with van der Waals surface area (Å²) < 4.78 is 31.0. The number of hydrogen-bond donors (Lipinski definition) is 1. The van der Waals surface area contributed by atoms with E-state index in [1.54, 1.807) is 0 Å². The summed E-state index contributed by atoms with van der Waals surface area (Å²) in [6.07, 6.45) is 2.66. The Balaban J connectivity index is 1.78. The molecule has 0 aliphatic heterocycles. The van der Waals surface area contributed by atoms with Gasteiger partial charge in [-0.05, 0) is 48.8 Å². The maximum Gasteiger partial charge on any atom is 0.264 e. The molecule has 1 aromatic carbocycles. The van der Waals surface area contributed by atoms with Crippen LogP contribution in [-0.4, -0.2) is 18.7 Å². The van der Waals surface area contributed by atoms with E-state index in [4.69, 9.17) is 4.55 Å². The summed E-state index contributed by atoms with van der Waals surface area (Å²) in [5.74, 6) is 0.938. The van der Waals surface area contributed by atoms with Crippen molar-refractivity contribution in [3.8, 4) is 0 Å². The van der Waals surface area contributed by atoms with Gasteiger partial charge in [0, 0.05) is 4.47 Å². The fraction of sp³-hybridized carbons (Fsp3) is 0.500. The van der Waals surface area contributed by atoms with Crippen molar-refractivity contribution in [1.82, 2.24) is 0 Å². The molecule has 0 aromatic heterocycles. The minimum Gasteiger partial charge on any atom is -0.286 e. The summed E-state index contributed by atoms with van der Waals surface area (Å²) in [7, 11) is -3.79. The minimum absolute atomic E-state index is 0.103. The fourth-order valence-corrected chi connectivity index (χ4v) is 3.00. The van der Waals surface area contributed by atoms with E-state index in [0.717, 1.165) is 17.3 Å². The first-order chi connectivity index (χ1) is 7.94. The van der Waals surface area contributed by atoms with Crippen molar-refractivity contribution in [2.75, 3.05) is 5.75 Å². The maximum atomic E-state index is 10.6. The second-order valence-corrected chi connectivity index (χ2v) is 7.15. The third-order valence-electron chi connectivity index (χ3n) is 3.23. The van der Waals surface area contributed by atoms with E-state index in [1.165, 1.54) is 5.56 Å². The van der Waals surface area contributed by atoms with E-state index >= 15 is 0 Å². The summed E-state index contributed by atoms with van der Waals surface area (Å²) >= 11 is 3.39. The van der Waals surface area contributed by atoms with Gasteiger partial charge in [-0.1, -0.05) is 28.1 Å². The normalized spacial score (nSPS) is 23.6. The fourth-order valence-electron chi connectivity index (χ4n) is 2.14. The Hall–Kier alpha value is -0.390. The molecule has 3 nitrogen and oxygen atoms in total. The predicted molar refractivity (Wildman–Crippen MR) is 70.5 cm³/mol.